The molecule has 0 unspecified atom stereocenters. The van der Waals surface area contributed by atoms with Crippen LogP contribution >= 0.6 is 0 Å². The molecule has 0 fully saturated rings. The number of carbonyl (C=O) groups excluding carboxylic acids is 1. The molecule has 0 aromatic heterocycles. The minimum Gasteiger partial charge on any atom is -0.497 e. The van der Waals surface area contributed by atoms with Crippen LogP contribution in [-0.2, 0) is 9.53 Å². The molecule has 20 heavy (non-hydrogen) atoms. The van der Waals surface area contributed by atoms with Gasteiger partial charge in [-0.3, -0.25) is 4.79 Å². The van der Waals surface area contributed by atoms with Gasteiger partial charge in [0.1, 0.15) is 5.75 Å². The topological polar surface area (TPSA) is 84.9 Å². The number of carboxylic acids is 1. The molecule has 0 atom stereocenters. The van der Waals surface area contributed by atoms with Crippen molar-refractivity contribution in [2.24, 2.45) is 0 Å². The number of anilines is 1. The van der Waals surface area contributed by atoms with Crippen LogP contribution in [0.5, 0.6) is 5.75 Å². The molecule has 1 amide bonds. The van der Waals surface area contributed by atoms with Crippen molar-refractivity contribution in [1.29, 1.82) is 0 Å². The lowest BCUT2D eigenvalue weighted by atomic mass is 10.1. The van der Waals surface area contributed by atoms with E-state index in [2.05, 4.69) is 5.32 Å². The van der Waals surface area contributed by atoms with Gasteiger partial charge in [0.05, 0.1) is 31.4 Å². The zero-order chi connectivity index (χ0) is 15.0. The van der Waals surface area contributed by atoms with Gasteiger partial charge in [0, 0.05) is 12.7 Å². The van der Waals surface area contributed by atoms with Crippen molar-refractivity contribution in [3.63, 3.8) is 0 Å². The molecule has 1 aromatic carbocycles. The van der Waals surface area contributed by atoms with Crippen molar-refractivity contribution < 1.29 is 24.2 Å². The highest BCUT2D eigenvalue weighted by atomic mass is 16.5. The van der Waals surface area contributed by atoms with Crippen molar-refractivity contribution in [2.45, 2.75) is 19.8 Å². The fourth-order valence-electron chi connectivity index (χ4n) is 1.56. The number of hydrogen-bond donors (Lipinski definition) is 2. The monoisotopic (exact) mass is 281 g/mol. The van der Waals surface area contributed by atoms with Gasteiger partial charge in [-0.2, -0.15) is 0 Å². The molecule has 6 heteroatoms. The Morgan fingerprint density at radius 3 is 2.65 bits per heavy atom. The van der Waals surface area contributed by atoms with Gasteiger partial charge in [-0.25, -0.2) is 4.79 Å². The third kappa shape index (κ3) is 4.89. The molecule has 2 N–H and O–H groups in total. The predicted octanol–water partition coefficient (Wildman–Crippen LogP) is 2.15. The first kappa shape index (κ1) is 16.0. The SMILES string of the molecule is CCCOCCC(=O)Nc1cc(OC)ccc1C(=O)O. The highest BCUT2D eigenvalue weighted by Gasteiger charge is 2.13. The average molecular weight is 281 g/mol. The third-order valence-corrected chi connectivity index (χ3v) is 2.55. The summed E-state index contributed by atoms with van der Waals surface area (Å²) >= 11 is 0. The Balaban J connectivity index is 2.69. The number of hydrogen-bond acceptors (Lipinski definition) is 4. The van der Waals surface area contributed by atoms with Gasteiger partial charge < -0.3 is 19.9 Å². The number of amides is 1. The van der Waals surface area contributed by atoms with E-state index in [0.717, 1.165) is 6.42 Å². The highest BCUT2D eigenvalue weighted by Crippen LogP contribution is 2.22. The fourth-order valence-corrected chi connectivity index (χ4v) is 1.56. The highest BCUT2D eigenvalue weighted by molar-refractivity contribution is 6.00. The molecule has 6 nitrogen and oxygen atoms in total. The zero-order valence-electron chi connectivity index (χ0n) is 11.6. The molecule has 0 aliphatic heterocycles. The Bertz CT molecular complexity index is 473. The van der Waals surface area contributed by atoms with Crippen molar-refractivity contribution in [1.82, 2.24) is 0 Å². The zero-order valence-corrected chi connectivity index (χ0v) is 11.6. The molecular weight excluding hydrogens is 262 g/mol. The van der Waals surface area contributed by atoms with E-state index in [9.17, 15) is 9.59 Å². The molecule has 0 saturated carbocycles. The molecule has 0 aliphatic carbocycles. The van der Waals surface area contributed by atoms with E-state index < -0.39 is 5.97 Å². The van der Waals surface area contributed by atoms with Crippen LogP contribution in [0.2, 0.25) is 0 Å². The molecule has 0 saturated heterocycles. The third-order valence-electron chi connectivity index (χ3n) is 2.55. The van der Waals surface area contributed by atoms with Gasteiger partial charge >= 0.3 is 5.97 Å². The summed E-state index contributed by atoms with van der Waals surface area (Å²) in [5.74, 6) is -0.922. The largest absolute Gasteiger partial charge is 0.497 e. The minimum absolute atomic E-state index is 0.0219. The first-order valence-corrected chi connectivity index (χ1v) is 6.37. The second kappa shape index (κ2) is 8.16. The number of nitrogens with one attached hydrogen (secondary N) is 1. The maximum Gasteiger partial charge on any atom is 0.337 e. The predicted molar refractivity (Wildman–Crippen MR) is 74.3 cm³/mol. The smallest absolute Gasteiger partial charge is 0.337 e. The van der Waals surface area contributed by atoms with Crippen LogP contribution in [0.25, 0.3) is 0 Å². The van der Waals surface area contributed by atoms with Crippen LogP contribution in [0.1, 0.15) is 30.1 Å². The number of ether oxygens (including phenoxy) is 2. The molecule has 0 spiro atoms. The van der Waals surface area contributed by atoms with Gasteiger partial charge in [-0.1, -0.05) is 6.92 Å². The van der Waals surface area contributed by atoms with E-state index in [1.807, 2.05) is 6.92 Å². The summed E-state index contributed by atoms with van der Waals surface area (Å²) < 4.78 is 10.2. The molecule has 0 radical (unpaired) electrons. The van der Waals surface area contributed by atoms with Gasteiger partial charge in [0.25, 0.3) is 0 Å². The number of methoxy groups -OCH3 is 1. The molecule has 110 valence electrons. The summed E-state index contributed by atoms with van der Waals surface area (Å²) in [5.41, 5.74) is 0.242. The lowest BCUT2D eigenvalue weighted by Gasteiger charge is -2.10. The van der Waals surface area contributed by atoms with Crippen molar-refractivity contribution >= 4 is 17.6 Å². The molecule has 1 rings (SSSR count). The first-order chi connectivity index (χ1) is 9.58. The Labute approximate surface area is 117 Å². The van der Waals surface area contributed by atoms with E-state index in [0.29, 0.717) is 19.0 Å². The number of benzene rings is 1. The lowest BCUT2D eigenvalue weighted by Crippen LogP contribution is -2.16. The number of carbonyl (C=O) groups is 2. The van der Waals surface area contributed by atoms with E-state index in [1.54, 1.807) is 0 Å². The average Bonchev–Trinajstić information content (AvgIpc) is 2.43. The summed E-state index contributed by atoms with van der Waals surface area (Å²) in [7, 11) is 1.47. The van der Waals surface area contributed by atoms with Crippen LogP contribution in [0.15, 0.2) is 18.2 Å². The van der Waals surface area contributed by atoms with E-state index in [4.69, 9.17) is 14.6 Å². The Morgan fingerprint density at radius 1 is 1.30 bits per heavy atom. The number of aromatic carboxylic acids is 1. The molecule has 0 aliphatic rings. The second-order valence-electron chi connectivity index (χ2n) is 4.13. The van der Waals surface area contributed by atoms with Crippen LogP contribution in [-0.4, -0.2) is 37.3 Å². The quantitative estimate of drug-likeness (QED) is 0.713. The Morgan fingerprint density at radius 2 is 2.05 bits per heavy atom. The Hall–Kier alpha value is -2.08. The summed E-state index contributed by atoms with van der Waals surface area (Å²) in [4.78, 5) is 22.8. The molecular formula is C14H19NO5. The normalized spacial score (nSPS) is 10.1. The lowest BCUT2D eigenvalue weighted by molar-refractivity contribution is -0.117. The fraction of sp³-hybridized carbons (Fsp3) is 0.429. The van der Waals surface area contributed by atoms with Gasteiger partial charge in [0.2, 0.25) is 5.91 Å². The van der Waals surface area contributed by atoms with Gasteiger partial charge in [-0.15, -0.1) is 0 Å². The summed E-state index contributed by atoms with van der Waals surface area (Å²) in [6, 6.07) is 4.40. The summed E-state index contributed by atoms with van der Waals surface area (Å²) in [5, 5.41) is 11.6. The molecule has 1 aromatic rings. The van der Waals surface area contributed by atoms with Crippen molar-refractivity contribution in [3.05, 3.63) is 23.8 Å². The van der Waals surface area contributed by atoms with Crippen molar-refractivity contribution in [2.75, 3.05) is 25.6 Å². The maximum atomic E-state index is 11.7. The number of carboxylic acid groups (broad SMARTS) is 1. The van der Waals surface area contributed by atoms with Crippen LogP contribution in [0.3, 0.4) is 0 Å². The standard InChI is InChI=1S/C14H19NO5/c1-3-7-20-8-6-13(16)15-12-9-10(19-2)4-5-11(12)14(17)18/h4-5,9H,3,6-8H2,1-2H3,(H,15,16)(H,17,18). The van der Waals surface area contributed by atoms with Gasteiger partial charge in [-0.05, 0) is 18.6 Å². The Kier molecular flexibility index (Phi) is 6.52. The van der Waals surface area contributed by atoms with Gasteiger partial charge in [0.15, 0.2) is 0 Å². The van der Waals surface area contributed by atoms with Crippen molar-refractivity contribution in [3.8, 4) is 5.75 Å². The van der Waals surface area contributed by atoms with E-state index >= 15 is 0 Å². The second-order valence-corrected chi connectivity index (χ2v) is 4.13. The summed E-state index contributed by atoms with van der Waals surface area (Å²) in [6.07, 6.45) is 1.07. The minimum atomic E-state index is -1.11. The molecule has 0 heterocycles. The van der Waals surface area contributed by atoms with Crippen LogP contribution < -0.4 is 10.1 Å². The van der Waals surface area contributed by atoms with E-state index in [-0.39, 0.29) is 23.6 Å². The number of rotatable bonds is 8. The van der Waals surface area contributed by atoms with Crippen LogP contribution in [0, 0.1) is 0 Å². The van der Waals surface area contributed by atoms with E-state index in [1.165, 1.54) is 25.3 Å². The summed E-state index contributed by atoms with van der Waals surface area (Å²) in [6.45, 7) is 2.90. The molecule has 0 bridgehead atoms. The first-order valence-electron chi connectivity index (χ1n) is 6.37. The van der Waals surface area contributed by atoms with Crippen LogP contribution in [0.4, 0.5) is 5.69 Å². The maximum absolute atomic E-state index is 11.7.